The standard InChI is InChI=1S/C20H16N6O2/c1-13(27)22-15-6-8-16(9-7-15)23-19-11-10-18(25-26-19)20(28)24-17-4-2-14(12-21)3-5-17/h2-11H,1H3,(H,22,27)(H,23,26)(H,24,28). The summed E-state index contributed by atoms with van der Waals surface area (Å²) in [4.78, 5) is 23.3. The maximum absolute atomic E-state index is 12.2. The van der Waals surface area contributed by atoms with Crippen molar-refractivity contribution in [2.75, 3.05) is 16.0 Å². The number of nitriles is 1. The van der Waals surface area contributed by atoms with Gasteiger partial charge >= 0.3 is 0 Å². The number of nitrogens with zero attached hydrogens (tertiary/aromatic N) is 3. The monoisotopic (exact) mass is 372 g/mol. The molecule has 2 amide bonds. The van der Waals surface area contributed by atoms with E-state index in [4.69, 9.17) is 5.26 Å². The van der Waals surface area contributed by atoms with Crippen LogP contribution in [0.5, 0.6) is 0 Å². The zero-order valence-electron chi connectivity index (χ0n) is 14.9. The molecule has 8 heteroatoms. The van der Waals surface area contributed by atoms with Crippen molar-refractivity contribution in [3.05, 3.63) is 71.9 Å². The van der Waals surface area contributed by atoms with Crippen molar-refractivity contribution < 1.29 is 9.59 Å². The zero-order valence-corrected chi connectivity index (χ0v) is 14.9. The van der Waals surface area contributed by atoms with E-state index in [9.17, 15) is 9.59 Å². The first-order chi connectivity index (χ1) is 13.5. The number of hydrogen-bond acceptors (Lipinski definition) is 6. The van der Waals surface area contributed by atoms with E-state index < -0.39 is 5.91 Å². The molecular weight excluding hydrogens is 356 g/mol. The topological polar surface area (TPSA) is 120 Å². The quantitative estimate of drug-likeness (QED) is 0.632. The number of anilines is 4. The molecule has 0 spiro atoms. The van der Waals surface area contributed by atoms with Crippen LogP contribution in [-0.2, 0) is 4.79 Å². The summed E-state index contributed by atoms with van der Waals surface area (Å²) in [6.45, 7) is 1.45. The number of rotatable bonds is 5. The van der Waals surface area contributed by atoms with Gasteiger partial charge in [0.25, 0.3) is 5.91 Å². The van der Waals surface area contributed by atoms with Crippen LogP contribution in [0, 0.1) is 11.3 Å². The summed E-state index contributed by atoms with van der Waals surface area (Å²) in [7, 11) is 0. The van der Waals surface area contributed by atoms with Gasteiger partial charge in [-0.1, -0.05) is 0 Å². The van der Waals surface area contributed by atoms with E-state index in [-0.39, 0.29) is 11.6 Å². The predicted octanol–water partition coefficient (Wildman–Crippen LogP) is 3.30. The highest BCUT2D eigenvalue weighted by Gasteiger charge is 2.09. The Morgan fingerprint density at radius 3 is 2.00 bits per heavy atom. The summed E-state index contributed by atoms with van der Waals surface area (Å²) in [5, 5.41) is 25.2. The van der Waals surface area contributed by atoms with Crippen LogP contribution < -0.4 is 16.0 Å². The third-order valence-electron chi connectivity index (χ3n) is 3.65. The first kappa shape index (κ1) is 18.5. The van der Waals surface area contributed by atoms with Crippen LogP contribution in [-0.4, -0.2) is 22.0 Å². The van der Waals surface area contributed by atoms with Gasteiger partial charge in [-0.15, -0.1) is 10.2 Å². The normalized spacial score (nSPS) is 9.86. The molecule has 0 fully saturated rings. The van der Waals surface area contributed by atoms with Gasteiger partial charge < -0.3 is 16.0 Å². The Morgan fingerprint density at radius 1 is 0.821 bits per heavy atom. The molecule has 0 saturated heterocycles. The Labute approximate surface area is 161 Å². The highest BCUT2D eigenvalue weighted by atomic mass is 16.2. The molecule has 138 valence electrons. The number of benzene rings is 2. The lowest BCUT2D eigenvalue weighted by atomic mass is 10.2. The lowest BCUT2D eigenvalue weighted by Crippen LogP contribution is -2.14. The van der Waals surface area contributed by atoms with Crippen molar-refractivity contribution in [1.82, 2.24) is 10.2 Å². The molecule has 0 radical (unpaired) electrons. The summed E-state index contributed by atoms with van der Waals surface area (Å²) < 4.78 is 0. The number of nitrogens with one attached hydrogen (secondary N) is 3. The molecule has 0 saturated carbocycles. The van der Waals surface area contributed by atoms with E-state index in [1.54, 1.807) is 60.7 Å². The number of hydrogen-bond donors (Lipinski definition) is 3. The van der Waals surface area contributed by atoms with Crippen LogP contribution in [0.2, 0.25) is 0 Å². The molecule has 2 aromatic carbocycles. The highest BCUT2D eigenvalue weighted by molar-refractivity contribution is 6.02. The molecule has 0 bridgehead atoms. The number of amides is 2. The van der Waals surface area contributed by atoms with Crippen molar-refractivity contribution in [2.45, 2.75) is 6.92 Å². The average molecular weight is 372 g/mol. The largest absolute Gasteiger partial charge is 0.339 e. The summed E-state index contributed by atoms with van der Waals surface area (Å²) >= 11 is 0. The van der Waals surface area contributed by atoms with Crippen molar-refractivity contribution in [2.24, 2.45) is 0 Å². The molecule has 0 aliphatic carbocycles. The SMILES string of the molecule is CC(=O)Nc1ccc(Nc2ccc(C(=O)Nc3ccc(C#N)cc3)nn2)cc1. The van der Waals surface area contributed by atoms with Gasteiger partial charge in [-0.2, -0.15) is 5.26 Å². The average Bonchev–Trinajstić information content (AvgIpc) is 2.70. The van der Waals surface area contributed by atoms with Crippen molar-refractivity contribution in [3.63, 3.8) is 0 Å². The molecule has 28 heavy (non-hydrogen) atoms. The molecular formula is C20H16N6O2. The van der Waals surface area contributed by atoms with Crippen molar-refractivity contribution >= 4 is 34.7 Å². The predicted molar refractivity (Wildman–Crippen MR) is 105 cm³/mol. The van der Waals surface area contributed by atoms with Gasteiger partial charge in [-0.05, 0) is 60.7 Å². The molecule has 1 heterocycles. The maximum Gasteiger partial charge on any atom is 0.276 e. The minimum absolute atomic E-state index is 0.138. The van der Waals surface area contributed by atoms with Gasteiger partial charge in [0, 0.05) is 24.0 Å². The van der Waals surface area contributed by atoms with Crippen LogP contribution in [0.3, 0.4) is 0 Å². The molecule has 3 rings (SSSR count). The molecule has 0 aliphatic rings. The summed E-state index contributed by atoms with van der Waals surface area (Å²) in [5.41, 5.74) is 2.69. The Morgan fingerprint density at radius 2 is 1.43 bits per heavy atom. The molecule has 0 unspecified atom stereocenters. The van der Waals surface area contributed by atoms with E-state index >= 15 is 0 Å². The fourth-order valence-corrected chi connectivity index (χ4v) is 2.33. The Kier molecular flexibility index (Phi) is 5.58. The van der Waals surface area contributed by atoms with Crippen molar-refractivity contribution in [3.8, 4) is 6.07 Å². The highest BCUT2D eigenvalue weighted by Crippen LogP contribution is 2.17. The van der Waals surface area contributed by atoms with E-state index in [1.807, 2.05) is 6.07 Å². The Bertz CT molecular complexity index is 1020. The van der Waals surface area contributed by atoms with Gasteiger partial charge in [-0.3, -0.25) is 9.59 Å². The molecule has 3 N–H and O–H groups in total. The maximum atomic E-state index is 12.2. The van der Waals surface area contributed by atoms with Crippen LogP contribution in [0.25, 0.3) is 0 Å². The number of carbonyl (C=O) groups is 2. The van der Waals surface area contributed by atoms with Gasteiger partial charge in [0.05, 0.1) is 11.6 Å². The molecule has 0 aliphatic heterocycles. The lowest BCUT2D eigenvalue weighted by molar-refractivity contribution is -0.114. The molecule has 3 aromatic rings. The van der Waals surface area contributed by atoms with Crippen LogP contribution >= 0.6 is 0 Å². The van der Waals surface area contributed by atoms with Gasteiger partial charge in [0.1, 0.15) is 0 Å². The Balaban J connectivity index is 1.61. The van der Waals surface area contributed by atoms with Crippen LogP contribution in [0.1, 0.15) is 23.0 Å². The first-order valence-electron chi connectivity index (χ1n) is 8.33. The van der Waals surface area contributed by atoms with Gasteiger partial charge in [-0.25, -0.2) is 0 Å². The minimum Gasteiger partial charge on any atom is -0.339 e. The molecule has 0 atom stereocenters. The molecule has 1 aromatic heterocycles. The number of carbonyl (C=O) groups excluding carboxylic acids is 2. The summed E-state index contributed by atoms with van der Waals surface area (Å²) in [5.74, 6) is -0.0629. The fraction of sp³-hybridized carbons (Fsp3) is 0.0500. The second-order valence-corrected chi connectivity index (χ2v) is 5.83. The van der Waals surface area contributed by atoms with Gasteiger partial charge in [0.15, 0.2) is 11.5 Å². The zero-order chi connectivity index (χ0) is 19.9. The third kappa shape index (κ3) is 4.89. The number of aromatic nitrogens is 2. The summed E-state index contributed by atoms with van der Waals surface area (Å²) in [6, 6.07) is 18.8. The smallest absolute Gasteiger partial charge is 0.276 e. The third-order valence-corrected chi connectivity index (χ3v) is 3.65. The van der Waals surface area contributed by atoms with Crippen molar-refractivity contribution in [1.29, 1.82) is 5.26 Å². The van der Waals surface area contributed by atoms with Crippen LogP contribution in [0.4, 0.5) is 22.9 Å². The molecule has 8 nitrogen and oxygen atoms in total. The van der Waals surface area contributed by atoms with Gasteiger partial charge in [0.2, 0.25) is 5.91 Å². The fourth-order valence-electron chi connectivity index (χ4n) is 2.33. The second-order valence-electron chi connectivity index (χ2n) is 5.83. The Hall–Kier alpha value is -4.25. The first-order valence-corrected chi connectivity index (χ1v) is 8.33. The van der Waals surface area contributed by atoms with E-state index in [1.165, 1.54) is 6.92 Å². The summed E-state index contributed by atoms with van der Waals surface area (Å²) in [6.07, 6.45) is 0. The van der Waals surface area contributed by atoms with E-state index in [0.717, 1.165) is 5.69 Å². The van der Waals surface area contributed by atoms with E-state index in [0.29, 0.717) is 22.8 Å². The lowest BCUT2D eigenvalue weighted by Gasteiger charge is -2.08. The second kappa shape index (κ2) is 8.42. The van der Waals surface area contributed by atoms with E-state index in [2.05, 4.69) is 26.1 Å². The minimum atomic E-state index is -0.400. The van der Waals surface area contributed by atoms with Crippen LogP contribution in [0.15, 0.2) is 60.7 Å².